The Kier molecular flexibility index (Phi) is 3.51. The summed E-state index contributed by atoms with van der Waals surface area (Å²) in [5, 5.41) is 0. The summed E-state index contributed by atoms with van der Waals surface area (Å²) in [5.41, 5.74) is 3.00. The van der Waals surface area contributed by atoms with Crippen LogP contribution in [0.2, 0.25) is 0 Å². The lowest BCUT2D eigenvalue weighted by molar-refractivity contribution is -0.123. The molecular formula is C15H24O. The average molecular weight is 220 g/mol. The normalized spacial score (nSPS) is 34.4. The fourth-order valence-electron chi connectivity index (χ4n) is 3.49. The van der Waals surface area contributed by atoms with Gasteiger partial charge >= 0.3 is 0 Å². The Bertz CT molecular complexity index is 309. The molecular weight excluding hydrogens is 196 g/mol. The van der Waals surface area contributed by atoms with Gasteiger partial charge in [-0.25, -0.2) is 0 Å². The zero-order chi connectivity index (χ0) is 11.7. The van der Waals surface area contributed by atoms with Gasteiger partial charge in [-0.05, 0) is 58.3 Å². The summed E-state index contributed by atoms with van der Waals surface area (Å²) in [7, 11) is 0. The van der Waals surface area contributed by atoms with Gasteiger partial charge in [0.1, 0.15) is 5.78 Å². The predicted octanol–water partition coefficient (Wildman–Crippen LogP) is 4.13. The molecule has 0 aliphatic heterocycles. The van der Waals surface area contributed by atoms with Gasteiger partial charge in [0.05, 0.1) is 0 Å². The van der Waals surface area contributed by atoms with Crippen molar-refractivity contribution in [3.8, 4) is 0 Å². The molecule has 0 heterocycles. The SMILES string of the molecule is CC(C)=C(C)[C@H]1C[C@H]2CCCCC(=O)[C@H]2C1. The molecule has 0 aromatic heterocycles. The molecule has 2 aliphatic carbocycles. The highest BCUT2D eigenvalue weighted by Gasteiger charge is 2.39. The predicted molar refractivity (Wildman–Crippen MR) is 67.2 cm³/mol. The third kappa shape index (κ3) is 2.23. The van der Waals surface area contributed by atoms with Gasteiger partial charge in [0.25, 0.3) is 0 Å². The molecule has 0 amide bonds. The second-order valence-electron chi connectivity index (χ2n) is 5.93. The third-order valence-corrected chi connectivity index (χ3v) is 4.76. The van der Waals surface area contributed by atoms with Crippen molar-refractivity contribution in [1.82, 2.24) is 0 Å². The highest BCUT2D eigenvalue weighted by Crippen LogP contribution is 2.45. The van der Waals surface area contributed by atoms with Crippen molar-refractivity contribution < 1.29 is 4.79 Å². The second kappa shape index (κ2) is 4.73. The maximum atomic E-state index is 12.0. The van der Waals surface area contributed by atoms with Gasteiger partial charge in [-0.2, -0.15) is 0 Å². The lowest BCUT2D eigenvalue weighted by atomic mass is 9.91. The number of allylic oxidation sites excluding steroid dienone is 2. The fourth-order valence-corrected chi connectivity index (χ4v) is 3.49. The number of carbonyl (C=O) groups excluding carboxylic acids is 1. The quantitative estimate of drug-likeness (QED) is 0.607. The summed E-state index contributed by atoms with van der Waals surface area (Å²) in [6.45, 7) is 6.66. The van der Waals surface area contributed by atoms with Crippen LogP contribution in [0.15, 0.2) is 11.1 Å². The summed E-state index contributed by atoms with van der Waals surface area (Å²) >= 11 is 0. The summed E-state index contributed by atoms with van der Waals surface area (Å²) < 4.78 is 0. The van der Waals surface area contributed by atoms with Crippen molar-refractivity contribution in [1.29, 1.82) is 0 Å². The molecule has 0 bridgehead atoms. The number of ketones is 1. The molecule has 0 radical (unpaired) electrons. The first-order valence-electron chi connectivity index (χ1n) is 6.76. The van der Waals surface area contributed by atoms with Crippen LogP contribution >= 0.6 is 0 Å². The van der Waals surface area contributed by atoms with Crippen molar-refractivity contribution in [3.63, 3.8) is 0 Å². The molecule has 2 saturated carbocycles. The van der Waals surface area contributed by atoms with Crippen LogP contribution in [0.1, 0.15) is 59.3 Å². The molecule has 1 heteroatoms. The lowest BCUT2D eigenvalue weighted by Gasteiger charge is -2.13. The molecule has 0 aromatic rings. The zero-order valence-electron chi connectivity index (χ0n) is 10.9. The van der Waals surface area contributed by atoms with E-state index in [9.17, 15) is 4.79 Å². The third-order valence-electron chi connectivity index (χ3n) is 4.76. The Balaban J connectivity index is 2.11. The van der Waals surface area contributed by atoms with E-state index in [-0.39, 0.29) is 0 Å². The van der Waals surface area contributed by atoms with Crippen LogP contribution in [-0.4, -0.2) is 5.78 Å². The summed E-state index contributed by atoms with van der Waals surface area (Å²) in [6.07, 6.45) is 6.96. The molecule has 0 aromatic carbocycles. The minimum absolute atomic E-state index is 0.404. The standard InChI is InChI=1S/C15H24O/c1-10(2)11(3)13-8-12-6-4-5-7-15(16)14(12)9-13/h12-14H,4-9H2,1-3H3/t12-,13+,14+/m1/s1. The Labute approximate surface area is 99.3 Å². The van der Waals surface area contributed by atoms with Crippen LogP contribution in [0.25, 0.3) is 0 Å². The van der Waals surface area contributed by atoms with Crippen LogP contribution in [-0.2, 0) is 4.79 Å². The Morgan fingerprint density at radius 3 is 2.56 bits per heavy atom. The average Bonchev–Trinajstić information content (AvgIpc) is 2.60. The number of hydrogen-bond donors (Lipinski definition) is 0. The van der Waals surface area contributed by atoms with Crippen LogP contribution in [0, 0.1) is 17.8 Å². The van der Waals surface area contributed by atoms with Crippen molar-refractivity contribution in [2.24, 2.45) is 17.8 Å². The first kappa shape index (κ1) is 11.9. The van der Waals surface area contributed by atoms with Crippen molar-refractivity contribution in [2.45, 2.75) is 59.3 Å². The molecule has 90 valence electrons. The first-order chi connectivity index (χ1) is 7.59. The molecule has 0 spiro atoms. The van der Waals surface area contributed by atoms with E-state index in [4.69, 9.17) is 0 Å². The number of fused-ring (bicyclic) bond motifs is 1. The van der Waals surface area contributed by atoms with Gasteiger partial charge in [0, 0.05) is 12.3 Å². The largest absolute Gasteiger partial charge is 0.299 e. The Hall–Kier alpha value is -0.590. The van der Waals surface area contributed by atoms with Crippen molar-refractivity contribution in [2.75, 3.05) is 0 Å². The van der Waals surface area contributed by atoms with E-state index in [2.05, 4.69) is 20.8 Å². The maximum Gasteiger partial charge on any atom is 0.136 e. The van der Waals surface area contributed by atoms with Crippen LogP contribution in [0.4, 0.5) is 0 Å². The molecule has 2 aliphatic rings. The first-order valence-corrected chi connectivity index (χ1v) is 6.76. The molecule has 2 rings (SSSR count). The molecule has 0 N–H and O–H groups in total. The van der Waals surface area contributed by atoms with Gasteiger partial charge in [-0.1, -0.05) is 17.6 Å². The summed E-state index contributed by atoms with van der Waals surface area (Å²) in [5.74, 6) is 2.37. The van der Waals surface area contributed by atoms with E-state index < -0.39 is 0 Å². The molecule has 1 nitrogen and oxygen atoms in total. The minimum Gasteiger partial charge on any atom is -0.299 e. The minimum atomic E-state index is 0.404. The number of Topliss-reactive ketones (excluding diaryl/α,β-unsaturated/α-hetero) is 1. The Morgan fingerprint density at radius 1 is 1.12 bits per heavy atom. The van der Waals surface area contributed by atoms with Gasteiger partial charge in [-0.15, -0.1) is 0 Å². The molecule has 2 fully saturated rings. The monoisotopic (exact) mass is 220 g/mol. The number of carbonyl (C=O) groups is 1. The van der Waals surface area contributed by atoms with E-state index in [0.29, 0.717) is 23.5 Å². The van der Waals surface area contributed by atoms with Crippen molar-refractivity contribution >= 4 is 5.78 Å². The number of hydrogen-bond acceptors (Lipinski definition) is 1. The molecule has 0 saturated heterocycles. The summed E-state index contributed by atoms with van der Waals surface area (Å²) in [6, 6.07) is 0. The van der Waals surface area contributed by atoms with Gasteiger partial charge in [-0.3, -0.25) is 4.79 Å². The second-order valence-corrected chi connectivity index (χ2v) is 5.93. The van der Waals surface area contributed by atoms with Crippen LogP contribution in [0.3, 0.4) is 0 Å². The van der Waals surface area contributed by atoms with Gasteiger partial charge in [0.15, 0.2) is 0 Å². The number of rotatable bonds is 1. The molecule has 3 atom stereocenters. The smallest absolute Gasteiger partial charge is 0.136 e. The van der Waals surface area contributed by atoms with E-state index in [0.717, 1.165) is 19.3 Å². The Morgan fingerprint density at radius 2 is 1.88 bits per heavy atom. The molecule has 16 heavy (non-hydrogen) atoms. The van der Waals surface area contributed by atoms with Crippen LogP contribution in [0.5, 0.6) is 0 Å². The van der Waals surface area contributed by atoms with Crippen molar-refractivity contribution in [3.05, 3.63) is 11.1 Å². The van der Waals surface area contributed by atoms with Gasteiger partial charge < -0.3 is 0 Å². The highest BCUT2D eigenvalue weighted by atomic mass is 16.1. The fraction of sp³-hybridized carbons (Fsp3) is 0.800. The van der Waals surface area contributed by atoms with E-state index in [1.807, 2.05) is 0 Å². The summed E-state index contributed by atoms with van der Waals surface area (Å²) in [4.78, 5) is 12.0. The highest BCUT2D eigenvalue weighted by molar-refractivity contribution is 5.81. The van der Waals surface area contributed by atoms with Gasteiger partial charge in [0.2, 0.25) is 0 Å². The molecule has 0 unspecified atom stereocenters. The lowest BCUT2D eigenvalue weighted by Crippen LogP contribution is -2.15. The maximum absolute atomic E-state index is 12.0. The van der Waals surface area contributed by atoms with E-state index >= 15 is 0 Å². The van der Waals surface area contributed by atoms with Crippen LogP contribution < -0.4 is 0 Å². The van der Waals surface area contributed by atoms with E-state index in [1.54, 1.807) is 5.57 Å². The zero-order valence-corrected chi connectivity index (χ0v) is 10.9. The van der Waals surface area contributed by atoms with E-state index in [1.165, 1.54) is 24.8 Å². The topological polar surface area (TPSA) is 17.1 Å².